The summed E-state index contributed by atoms with van der Waals surface area (Å²) in [7, 11) is 0. The lowest BCUT2D eigenvalue weighted by Crippen LogP contribution is -2.40. The zero-order valence-corrected chi connectivity index (χ0v) is 16.3. The second kappa shape index (κ2) is 9.16. The van der Waals surface area contributed by atoms with Crippen molar-refractivity contribution >= 4 is 0 Å². The smallest absolute Gasteiger partial charge is 0.0651 e. The second-order valence-corrected chi connectivity index (χ2v) is 8.30. The van der Waals surface area contributed by atoms with Gasteiger partial charge in [-0.2, -0.15) is 0 Å². The van der Waals surface area contributed by atoms with E-state index in [2.05, 4.69) is 37.3 Å². The van der Waals surface area contributed by atoms with E-state index in [4.69, 9.17) is 10.5 Å². The fraction of sp³-hybridized carbons (Fsp3) is 0.652. The van der Waals surface area contributed by atoms with Crippen molar-refractivity contribution in [3.05, 3.63) is 47.0 Å². The SMILES string of the molecule is CCCC/C=C\CO[C@H]1CCc2cc([C@H]3CC[C@](N)(CO)C3)ccc2C1. The summed E-state index contributed by atoms with van der Waals surface area (Å²) in [6, 6.07) is 6.97. The third-order valence-corrected chi connectivity index (χ3v) is 6.16. The number of rotatable bonds is 8. The van der Waals surface area contributed by atoms with Crippen molar-refractivity contribution in [1.29, 1.82) is 0 Å². The summed E-state index contributed by atoms with van der Waals surface area (Å²) < 4.78 is 6.06. The summed E-state index contributed by atoms with van der Waals surface area (Å²) in [6.45, 7) is 3.06. The molecule has 1 fully saturated rings. The van der Waals surface area contributed by atoms with E-state index >= 15 is 0 Å². The van der Waals surface area contributed by atoms with Crippen LogP contribution < -0.4 is 5.73 Å². The highest BCUT2D eigenvalue weighted by Crippen LogP contribution is 2.40. The first-order chi connectivity index (χ1) is 12.6. The van der Waals surface area contributed by atoms with Crippen LogP contribution in [0.5, 0.6) is 0 Å². The molecule has 0 aromatic heterocycles. The number of aliphatic hydroxyl groups excluding tert-OH is 1. The molecule has 2 aliphatic carbocycles. The molecule has 0 unspecified atom stereocenters. The van der Waals surface area contributed by atoms with Crippen LogP contribution in [0.15, 0.2) is 30.4 Å². The van der Waals surface area contributed by atoms with Gasteiger partial charge in [0.15, 0.2) is 0 Å². The van der Waals surface area contributed by atoms with Gasteiger partial charge in [-0.3, -0.25) is 0 Å². The third-order valence-electron chi connectivity index (χ3n) is 6.16. The van der Waals surface area contributed by atoms with Crippen LogP contribution in [0.3, 0.4) is 0 Å². The number of unbranched alkanes of at least 4 members (excludes halogenated alkanes) is 2. The molecule has 1 aromatic rings. The van der Waals surface area contributed by atoms with E-state index in [0.717, 1.165) is 51.6 Å². The van der Waals surface area contributed by atoms with Crippen LogP contribution in [0.4, 0.5) is 0 Å². The van der Waals surface area contributed by atoms with Gasteiger partial charge in [0.25, 0.3) is 0 Å². The summed E-state index contributed by atoms with van der Waals surface area (Å²) in [6.07, 6.45) is 14.6. The number of fused-ring (bicyclic) bond motifs is 1. The molecule has 0 saturated heterocycles. The molecule has 26 heavy (non-hydrogen) atoms. The Kier molecular flexibility index (Phi) is 6.91. The van der Waals surface area contributed by atoms with Crippen LogP contribution in [0.2, 0.25) is 0 Å². The van der Waals surface area contributed by atoms with Crippen molar-refractivity contribution in [2.24, 2.45) is 5.73 Å². The normalized spacial score (nSPS) is 28.6. The number of aliphatic hydroxyl groups is 1. The maximum atomic E-state index is 9.50. The van der Waals surface area contributed by atoms with Crippen LogP contribution in [0.1, 0.15) is 74.5 Å². The van der Waals surface area contributed by atoms with Gasteiger partial charge in [-0.05, 0) is 67.6 Å². The monoisotopic (exact) mass is 357 g/mol. The molecule has 3 atom stereocenters. The lowest BCUT2D eigenvalue weighted by atomic mass is 9.85. The van der Waals surface area contributed by atoms with Crippen molar-refractivity contribution in [3.8, 4) is 0 Å². The molecule has 0 spiro atoms. The van der Waals surface area contributed by atoms with Gasteiger partial charge in [0.1, 0.15) is 0 Å². The maximum Gasteiger partial charge on any atom is 0.0651 e. The molecular formula is C23H35NO2. The summed E-state index contributed by atoms with van der Waals surface area (Å²) in [5.74, 6) is 0.500. The molecule has 2 aliphatic rings. The first-order valence-electron chi connectivity index (χ1n) is 10.4. The van der Waals surface area contributed by atoms with Crippen LogP contribution >= 0.6 is 0 Å². The topological polar surface area (TPSA) is 55.5 Å². The van der Waals surface area contributed by atoms with Gasteiger partial charge in [0, 0.05) is 5.54 Å². The quantitative estimate of drug-likeness (QED) is 0.540. The van der Waals surface area contributed by atoms with Gasteiger partial charge in [0.05, 0.1) is 19.3 Å². The lowest BCUT2D eigenvalue weighted by molar-refractivity contribution is 0.0641. The van der Waals surface area contributed by atoms with E-state index in [1.54, 1.807) is 0 Å². The number of nitrogens with two attached hydrogens (primary N) is 1. The van der Waals surface area contributed by atoms with E-state index in [1.807, 2.05) is 0 Å². The van der Waals surface area contributed by atoms with Gasteiger partial charge in [-0.1, -0.05) is 50.1 Å². The van der Waals surface area contributed by atoms with Gasteiger partial charge in [-0.15, -0.1) is 0 Å². The number of aryl methyl sites for hydroxylation is 1. The number of ether oxygens (including phenoxy) is 1. The third kappa shape index (κ3) is 4.97. The zero-order chi connectivity index (χ0) is 18.4. The van der Waals surface area contributed by atoms with Crippen molar-refractivity contribution < 1.29 is 9.84 Å². The Morgan fingerprint density at radius 1 is 1.27 bits per heavy atom. The zero-order valence-electron chi connectivity index (χ0n) is 16.3. The van der Waals surface area contributed by atoms with Crippen LogP contribution in [-0.4, -0.2) is 30.0 Å². The van der Waals surface area contributed by atoms with Crippen molar-refractivity contribution in [2.75, 3.05) is 13.2 Å². The molecule has 3 nitrogen and oxygen atoms in total. The van der Waals surface area contributed by atoms with E-state index in [9.17, 15) is 5.11 Å². The van der Waals surface area contributed by atoms with Gasteiger partial charge in [-0.25, -0.2) is 0 Å². The van der Waals surface area contributed by atoms with Crippen LogP contribution in [0, 0.1) is 0 Å². The molecule has 0 bridgehead atoms. The maximum absolute atomic E-state index is 9.50. The second-order valence-electron chi connectivity index (χ2n) is 8.30. The standard InChI is InChI=1S/C23H35NO2/c1-2-3-4-5-6-13-26-22-10-9-18-14-19(7-8-20(18)15-22)21-11-12-23(24,16-21)17-25/h5-8,14,21-22,25H,2-4,9-13,15-17,24H2,1H3/b6-5-/t21-,22-,23+/m0/s1. The number of hydrogen-bond acceptors (Lipinski definition) is 3. The Morgan fingerprint density at radius 3 is 2.92 bits per heavy atom. The Hall–Kier alpha value is -1.16. The highest BCUT2D eigenvalue weighted by molar-refractivity contribution is 5.36. The van der Waals surface area contributed by atoms with Crippen LogP contribution in [0.25, 0.3) is 0 Å². The summed E-state index contributed by atoms with van der Waals surface area (Å²) in [5.41, 5.74) is 10.2. The molecule has 144 valence electrons. The Bertz CT molecular complexity index is 612. The van der Waals surface area contributed by atoms with Crippen molar-refractivity contribution in [1.82, 2.24) is 0 Å². The average Bonchev–Trinajstić information content (AvgIpc) is 3.07. The number of hydrogen-bond donors (Lipinski definition) is 2. The van der Waals surface area contributed by atoms with E-state index < -0.39 is 0 Å². The molecule has 3 rings (SSSR count). The molecule has 0 heterocycles. The minimum absolute atomic E-state index is 0.0976. The predicted molar refractivity (Wildman–Crippen MR) is 107 cm³/mol. The van der Waals surface area contributed by atoms with E-state index in [-0.39, 0.29) is 12.1 Å². The molecule has 1 saturated carbocycles. The lowest BCUT2D eigenvalue weighted by Gasteiger charge is -2.26. The molecule has 0 radical (unpaired) electrons. The number of benzene rings is 1. The van der Waals surface area contributed by atoms with E-state index in [1.165, 1.54) is 29.5 Å². The first-order valence-corrected chi connectivity index (χ1v) is 10.4. The molecule has 0 aliphatic heterocycles. The minimum atomic E-state index is -0.371. The number of allylic oxidation sites excluding steroid dienone is 1. The molecule has 0 amide bonds. The fourth-order valence-electron chi connectivity index (χ4n) is 4.42. The predicted octanol–water partition coefficient (Wildman–Crippen LogP) is 4.26. The van der Waals surface area contributed by atoms with Crippen molar-refractivity contribution in [2.45, 2.75) is 82.3 Å². The summed E-state index contributed by atoms with van der Waals surface area (Å²) >= 11 is 0. The van der Waals surface area contributed by atoms with Crippen molar-refractivity contribution in [3.63, 3.8) is 0 Å². The molecular weight excluding hydrogens is 322 g/mol. The van der Waals surface area contributed by atoms with Gasteiger partial charge >= 0.3 is 0 Å². The molecule has 1 aromatic carbocycles. The first kappa shape index (κ1) is 19.6. The Balaban J connectivity index is 1.52. The molecule has 3 heteroatoms. The average molecular weight is 358 g/mol. The van der Waals surface area contributed by atoms with Crippen LogP contribution in [-0.2, 0) is 17.6 Å². The molecule has 3 N–H and O–H groups in total. The van der Waals surface area contributed by atoms with Gasteiger partial charge in [0.2, 0.25) is 0 Å². The Labute approximate surface area is 158 Å². The summed E-state index contributed by atoms with van der Waals surface area (Å²) in [4.78, 5) is 0. The Morgan fingerprint density at radius 2 is 2.15 bits per heavy atom. The largest absolute Gasteiger partial charge is 0.394 e. The highest BCUT2D eigenvalue weighted by atomic mass is 16.5. The van der Waals surface area contributed by atoms with E-state index in [0.29, 0.717) is 12.0 Å². The minimum Gasteiger partial charge on any atom is -0.394 e. The highest BCUT2D eigenvalue weighted by Gasteiger charge is 2.36. The fourth-order valence-corrected chi connectivity index (χ4v) is 4.42. The summed E-state index contributed by atoms with van der Waals surface area (Å²) in [5, 5.41) is 9.50. The van der Waals surface area contributed by atoms with Gasteiger partial charge < -0.3 is 15.6 Å².